The second-order valence-electron chi connectivity index (χ2n) is 5.88. The summed E-state index contributed by atoms with van der Waals surface area (Å²) in [7, 11) is -3.46. The van der Waals surface area contributed by atoms with Crippen molar-refractivity contribution in [1.29, 1.82) is 0 Å². The van der Waals surface area contributed by atoms with Crippen molar-refractivity contribution in [1.82, 2.24) is 14.9 Å². The largest absolute Gasteiger partial charge is 0.492 e. The highest BCUT2D eigenvalue weighted by Gasteiger charge is 2.30. The van der Waals surface area contributed by atoms with Gasteiger partial charge in [0, 0.05) is 19.6 Å². The lowest BCUT2D eigenvalue weighted by Gasteiger charge is -2.26. The van der Waals surface area contributed by atoms with Crippen molar-refractivity contribution in [2.75, 3.05) is 51.8 Å². The van der Waals surface area contributed by atoms with E-state index in [1.807, 2.05) is 0 Å². The molecule has 2 rings (SSSR count). The molecule has 1 aromatic rings. The van der Waals surface area contributed by atoms with Gasteiger partial charge in [0.1, 0.15) is 12.4 Å². The fraction of sp³-hybridized carbons (Fsp3) is 0.562. The average molecular weight is 425 g/mol. The van der Waals surface area contributed by atoms with Gasteiger partial charge in [-0.25, -0.2) is 13.2 Å². The number of rotatable bonds is 8. The summed E-state index contributed by atoms with van der Waals surface area (Å²) < 4.78 is 73.6. The maximum atomic E-state index is 12.6. The minimum atomic E-state index is -4.46. The first-order chi connectivity index (χ1) is 13.2. The summed E-state index contributed by atoms with van der Waals surface area (Å²) in [5.41, 5.74) is -0.822. The Kier molecular flexibility index (Phi) is 7.89. The number of morpholine rings is 1. The zero-order valence-corrected chi connectivity index (χ0v) is 15.8. The van der Waals surface area contributed by atoms with E-state index >= 15 is 0 Å². The van der Waals surface area contributed by atoms with Crippen LogP contribution in [0.5, 0.6) is 5.75 Å². The molecule has 0 saturated carbocycles. The van der Waals surface area contributed by atoms with Crippen molar-refractivity contribution < 1.29 is 35.9 Å². The number of sulfonamides is 1. The molecule has 0 aliphatic carbocycles. The summed E-state index contributed by atoms with van der Waals surface area (Å²) in [6.45, 7) is 1.21. The Morgan fingerprint density at radius 3 is 2.54 bits per heavy atom. The standard InChI is InChI=1S/C16H22F3N3O5S/c17-16(18,19)13-2-1-3-14(12-13)27-8-4-20-15(23)21-5-11-28(24,25)22-6-9-26-10-7-22/h1-3,12H,4-11H2,(H2,20,21,23). The molecule has 2 amide bonds. The van der Waals surface area contributed by atoms with Crippen LogP contribution in [0.25, 0.3) is 0 Å². The highest BCUT2D eigenvalue weighted by atomic mass is 32.2. The first-order valence-corrected chi connectivity index (χ1v) is 10.2. The molecular formula is C16H22F3N3O5S. The highest BCUT2D eigenvalue weighted by molar-refractivity contribution is 7.89. The lowest BCUT2D eigenvalue weighted by atomic mass is 10.2. The van der Waals surface area contributed by atoms with E-state index in [1.165, 1.54) is 16.4 Å². The Balaban J connectivity index is 1.64. The number of urea groups is 1. The van der Waals surface area contributed by atoms with E-state index in [9.17, 15) is 26.4 Å². The SMILES string of the molecule is O=C(NCCOc1cccc(C(F)(F)F)c1)NCCS(=O)(=O)N1CCOCC1. The lowest BCUT2D eigenvalue weighted by Crippen LogP contribution is -2.45. The molecule has 1 aliphatic rings. The second-order valence-corrected chi connectivity index (χ2v) is 7.97. The number of halogens is 3. The molecule has 12 heteroatoms. The Labute approximate surface area is 161 Å². The number of ether oxygens (including phenoxy) is 2. The van der Waals surface area contributed by atoms with E-state index in [0.29, 0.717) is 26.3 Å². The molecule has 0 aromatic heterocycles. The van der Waals surface area contributed by atoms with E-state index in [2.05, 4.69) is 10.6 Å². The van der Waals surface area contributed by atoms with Crippen molar-refractivity contribution in [2.45, 2.75) is 6.18 Å². The summed E-state index contributed by atoms with van der Waals surface area (Å²) in [6.07, 6.45) is -4.46. The summed E-state index contributed by atoms with van der Waals surface area (Å²) in [5, 5.41) is 4.85. The van der Waals surface area contributed by atoms with E-state index in [-0.39, 0.29) is 31.2 Å². The van der Waals surface area contributed by atoms with Crippen LogP contribution in [0.3, 0.4) is 0 Å². The fourth-order valence-electron chi connectivity index (χ4n) is 2.41. The number of nitrogens with zero attached hydrogens (tertiary/aromatic N) is 1. The number of hydrogen-bond acceptors (Lipinski definition) is 5. The van der Waals surface area contributed by atoms with Crippen LogP contribution in [0, 0.1) is 0 Å². The molecule has 1 heterocycles. The number of benzene rings is 1. The van der Waals surface area contributed by atoms with Crippen LogP contribution < -0.4 is 15.4 Å². The second kappa shape index (κ2) is 9.94. The topological polar surface area (TPSA) is 97.0 Å². The van der Waals surface area contributed by atoms with Crippen LogP contribution >= 0.6 is 0 Å². The third kappa shape index (κ3) is 7.17. The van der Waals surface area contributed by atoms with E-state index in [1.54, 1.807) is 0 Å². The monoisotopic (exact) mass is 425 g/mol. The third-order valence-electron chi connectivity index (χ3n) is 3.83. The number of hydrogen-bond donors (Lipinski definition) is 2. The molecule has 1 aromatic carbocycles. The zero-order chi connectivity index (χ0) is 20.6. The molecule has 28 heavy (non-hydrogen) atoms. The van der Waals surface area contributed by atoms with Crippen molar-refractivity contribution in [2.24, 2.45) is 0 Å². The summed E-state index contributed by atoms with van der Waals surface area (Å²) in [4.78, 5) is 11.6. The lowest BCUT2D eigenvalue weighted by molar-refractivity contribution is -0.137. The molecule has 1 aliphatic heterocycles. The van der Waals surface area contributed by atoms with Crippen LogP contribution in [0.2, 0.25) is 0 Å². The quantitative estimate of drug-likeness (QED) is 0.607. The van der Waals surface area contributed by atoms with Gasteiger partial charge in [0.05, 0.1) is 31.1 Å². The van der Waals surface area contributed by atoms with Gasteiger partial charge in [0.25, 0.3) is 0 Å². The normalized spacial score (nSPS) is 15.8. The van der Waals surface area contributed by atoms with Gasteiger partial charge in [-0.3, -0.25) is 0 Å². The van der Waals surface area contributed by atoms with Gasteiger partial charge in [-0.1, -0.05) is 6.07 Å². The minimum Gasteiger partial charge on any atom is -0.492 e. The molecule has 2 N–H and O–H groups in total. The number of nitrogens with one attached hydrogen (secondary N) is 2. The summed E-state index contributed by atoms with van der Waals surface area (Å²) in [5.74, 6) is -0.199. The first-order valence-electron chi connectivity index (χ1n) is 8.56. The highest BCUT2D eigenvalue weighted by Crippen LogP contribution is 2.31. The first kappa shape index (κ1) is 22.2. The zero-order valence-electron chi connectivity index (χ0n) is 15.0. The van der Waals surface area contributed by atoms with Crippen LogP contribution in [0.4, 0.5) is 18.0 Å². The third-order valence-corrected chi connectivity index (χ3v) is 5.70. The molecule has 0 radical (unpaired) electrons. The van der Waals surface area contributed by atoms with Gasteiger partial charge in [0.15, 0.2) is 0 Å². The Morgan fingerprint density at radius 2 is 1.86 bits per heavy atom. The minimum absolute atomic E-state index is 0.0358. The van der Waals surface area contributed by atoms with Crippen molar-refractivity contribution >= 4 is 16.1 Å². The molecule has 0 spiro atoms. The Morgan fingerprint density at radius 1 is 1.18 bits per heavy atom. The Bertz CT molecular complexity index is 752. The average Bonchev–Trinajstić information content (AvgIpc) is 2.65. The van der Waals surface area contributed by atoms with Gasteiger partial charge in [-0.05, 0) is 18.2 Å². The smallest absolute Gasteiger partial charge is 0.416 e. The van der Waals surface area contributed by atoms with E-state index in [0.717, 1.165) is 12.1 Å². The van der Waals surface area contributed by atoms with E-state index < -0.39 is 27.8 Å². The van der Waals surface area contributed by atoms with Crippen molar-refractivity contribution in [3.63, 3.8) is 0 Å². The van der Waals surface area contributed by atoms with Crippen LogP contribution in [-0.4, -0.2) is 70.5 Å². The van der Waals surface area contributed by atoms with Crippen LogP contribution in [0.15, 0.2) is 24.3 Å². The summed E-state index contributed by atoms with van der Waals surface area (Å²) >= 11 is 0. The number of amides is 2. The predicted octanol–water partition coefficient (Wildman–Crippen LogP) is 1.05. The van der Waals surface area contributed by atoms with Crippen molar-refractivity contribution in [3.8, 4) is 5.75 Å². The molecule has 158 valence electrons. The number of alkyl halides is 3. The van der Waals surface area contributed by atoms with E-state index in [4.69, 9.17) is 9.47 Å². The number of carbonyl (C=O) groups excluding carboxylic acids is 1. The molecule has 0 bridgehead atoms. The maximum Gasteiger partial charge on any atom is 0.416 e. The van der Waals surface area contributed by atoms with Gasteiger partial charge < -0.3 is 20.1 Å². The fourth-order valence-corrected chi connectivity index (χ4v) is 3.73. The van der Waals surface area contributed by atoms with Gasteiger partial charge >= 0.3 is 12.2 Å². The Hall–Kier alpha value is -2.05. The molecule has 1 fully saturated rings. The molecule has 1 saturated heterocycles. The molecule has 0 atom stereocenters. The predicted molar refractivity (Wildman–Crippen MR) is 94.5 cm³/mol. The van der Waals surface area contributed by atoms with Gasteiger partial charge in [-0.15, -0.1) is 0 Å². The van der Waals surface area contributed by atoms with Gasteiger partial charge in [-0.2, -0.15) is 17.5 Å². The van der Waals surface area contributed by atoms with Crippen molar-refractivity contribution in [3.05, 3.63) is 29.8 Å². The number of carbonyl (C=O) groups is 1. The molecule has 0 unspecified atom stereocenters. The van der Waals surface area contributed by atoms with Crippen LogP contribution in [-0.2, 0) is 20.9 Å². The van der Waals surface area contributed by atoms with Gasteiger partial charge in [0.2, 0.25) is 10.0 Å². The molecular weight excluding hydrogens is 403 g/mol. The molecule has 8 nitrogen and oxygen atoms in total. The maximum absolute atomic E-state index is 12.6. The summed E-state index contributed by atoms with van der Waals surface area (Å²) in [6, 6.07) is 3.82. The van der Waals surface area contributed by atoms with Crippen LogP contribution in [0.1, 0.15) is 5.56 Å².